The number of aromatic nitrogens is 3. The normalized spacial score (nSPS) is 13.2. The van der Waals surface area contributed by atoms with Crippen molar-refractivity contribution in [3.8, 4) is 0 Å². The first-order chi connectivity index (χ1) is 6.29. The lowest BCUT2D eigenvalue weighted by Gasteiger charge is -2.11. The van der Waals surface area contributed by atoms with Crippen LogP contribution in [0, 0.1) is 0 Å². The summed E-state index contributed by atoms with van der Waals surface area (Å²) in [7, 11) is 1.61. The van der Waals surface area contributed by atoms with E-state index in [1.165, 1.54) is 0 Å². The standard InChI is InChI=1S/C7H15N5O/c1-13-5-6(9)7-4-10-11-12(7)3-2-8/h4,6H,2-3,5,8-9H2,1H3/t6-/m1/s1. The Morgan fingerprint density at radius 1 is 1.69 bits per heavy atom. The van der Waals surface area contributed by atoms with Crippen LogP contribution in [0.3, 0.4) is 0 Å². The van der Waals surface area contributed by atoms with Crippen LogP contribution in [-0.4, -0.2) is 35.3 Å². The molecule has 0 aliphatic heterocycles. The number of hydrogen-bond donors (Lipinski definition) is 2. The van der Waals surface area contributed by atoms with Crippen LogP contribution in [0.15, 0.2) is 6.20 Å². The third kappa shape index (κ3) is 2.48. The predicted molar refractivity (Wildman–Crippen MR) is 47.9 cm³/mol. The van der Waals surface area contributed by atoms with E-state index in [1.807, 2.05) is 0 Å². The second-order valence-electron chi connectivity index (χ2n) is 2.73. The molecule has 13 heavy (non-hydrogen) atoms. The maximum absolute atomic E-state index is 5.81. The van der Waals surface area contributed by atoms with E-state index < -0.39 is 0 Å². The van der Waals surface area contributed by atoms with Gasteiger partial charge in [-0.15, -0.1) is 5.10 Å². The maximum atomic E-state index is 5.81. The summed E-state index contributed by atoms with van der Waals surface area (Å²) in [5.74, 6) is 0. The Balaban J connectivity index is 2.68. The van der Waals surface area contributed by atoms with Crippen molar-refractivity contribution in [2.75, 3.05) is 20.3 Å². The van der Waals surface area contributed by atoms with Gasteiger partial charge in [-0.05, 0) is 0 Å². The monoisotopic (exact) mass is 185 g/mol. The highest BCUT2D eigenvalue weighted by atomic mass is 16.5. The van der Waals surface area contributed by atoms with Crippen molar-refractivity contribution < 1.29 is 4.74 Å². The molecule has 0 unspecified atom stereocenters. The van der Waals surface area contributed by atoms with Crippen LogP contribution >= 0.6 is 0 Å². The van der Waals surface area contributed by atoms with Crippen molar-refractivity contribution in [1.82, 2.24) is 15.0 Å². The summed E-state index contributed by atoms with van der Waals surface area (Å²) in [6, 6.07) is -0.188. The molecular weight excluding hydrogens is 170 g/mol. The molecule has 0 aromatic carbocycles. The summed E-state index contributed by atoms with van der Waals surface area (Å²) in [6.45, 7) is 1.61. The Labute approximate surface area is 76.8 Å². The molecule has 1 atom stereocenters. The first-order valence-electron chi connectivity index (χ1n) is 4.12. The Morgan fingerprint density at radius 2 is 2.46 bits per heavy atom. The van der Waals surface area contributed by atoms with Crippen molar-refractivity contribution in [3.63, 3.8) is 0 Å². The summed E-state index contributed by atoms with van der Waals surface area (Å²) in [4.78, 5) is 0. The number of rotatable bonds is 5. The van der Waals surface area contributed by atoms with Crippen LogP contribution in [0.25, 0.3) is 0 Å². The molecule has 6 heteroatoms. The molecule has 1 heterocycles. The van der Waals surface area contributed by atoms with Gasteiger partial charge in [0.15, 0.2) is 0 Å². The highest BCUT2D eigenvalue weighted by Crippen LogP contribution is 2.07. The first-order valence-corrected chi connectivity index (χ1v) is 4.12. The van der Waals surface area contributed by atoms with Crippen molar-refractivity contribution >= 4 is 0 Å². The molecule has 0 spiro atoms. The fraction of sp³-hybridized carbons (Fsp3) is 0.714. The van der Waals surface area contributed by atoms with Gasteiger partial charge in [0.1, 0.15) is 0 Å². The fourth-order valence-electron chi connectivity index (χ4n) is 1.11. The zero-order valence-electron chi connectivity index (χ0n) is 7.68. The second-order valence-corrected chi connectivity index (χ2v) is 2.73. The number of methoxy groups -OCH3 is 1. The average Bonchev–Trinajstić information content (AvgIpc) is 2.54. The lowest BCUT2D eigenvalue weighted by molar-refractivity contribution is 0.177. The molecule has 0 saturated carbocycles. The van der Waals surface area contributed by atoms with Crippen LogP contribution in [0.4, 0.5) is 0 Å². The van der Waals surface area contributed by atoms with Gasteiger partial charge in [-0.2, -0.15) is 0 Å². The highest BCUT2D eigenvalue weighted by Gasteiger charge is 2.11. The van der Waals surface area contributed by atoms with Gasteiger partial charge in [0.25, 0.3) is 0 Å². The molecule has 1 aromatic rings. The van der Waals surface area contributed by atoms with Crippen LogP contribution < -0.4 is 11.5 Å². The second kappa shape index (κ2) is 4.90. The van der Waals surface area contributed by atoms with E-state index >= 15 is 0 Å². The minimum Gasteiger partial charge on any atom is -0.383 e. The Morgan fingerprint density at radius 3 is 3.08 bits per heavy atom. The van der Waals surface area contributed by atoms with Gasteiger partial charge in [0, 0.05) is 13.7 Å². The molecule has 0 aliphatic rings. The van der Waals surface area contributed by atoms with Crippen molar-refractivity contribution in [3.05, 3.63) is 11.9 Å². The van der Waals surface area contributed by atoms with E-state index in [0.717, 1.165) is 5.69 Å². The Hall–Kier alpha value is -0.980. The van der Waals surface area contributed by atoms with Gasteiger partial charge in [-0.3, -0.25) is 0 Å². The first kappa shape index (κ1) is 10.1. The van der Waals surface area contributed by atoms with Crippen molar-refractivity contribution in [1.29, 1.82) is 0 Å². The molecule has 6 nitrogen and oxygen atoms in total. The maximum Gasteiger partial charge on any atom is 0.0778 e. The number of hydrogen-bond acceptors (Lipinski definition) is 5. The Bertz CT molecular complexity index is 249. The number of nitrogens with two attached hydrogens (primary N) is 2. The van der Waals surface area contributed by atoms with Gasteiger partial charge in [0.05, 0.1) is 31.1 Å². The molecule has 0 aliphatic carbocycles. The molecule has 74 valence electrons. The summed E-state index contributed by atoms with van der Waals surface area (Å²) in [6.07, 6.45) is 1.64. The molecule has 0 fully saturated rings. The molecule has 1 rings (SSSR count). The summed E-state index contributed by atoms with van der Waals surface area (Å²) in [5, 5.41) is 7.63. The third-order valence-electron chi connectivity index (χ3n) is 1.71. The summed E-state index contributed by atoms with van der Waals surface area (Å²) >= 11 is 0. The van der Waals surface area contributed by atoms with Gasteiger partial charge in [-0.25, -0.2) is 4.68 Å². The van der Waals surface area contributed by atoms with E-state index in [0.29, 0.717) is 19.7 Å². The smallest absolute Gasteiger partial charge is 0.0778 e. The van der Waals surface area contributed by atoms with E-state index in [9.17, 15) is 0 Å². The van der Waals surface area contributed by atoms with E-state index in [1.54, 1.807) is 18.0 Å². The predicted octanol–water partition coefficient (Wildman–Crippen LogP) is -1.12. The topological polar surface area (TPSA) is 92.0 Å². The van der Waals surface area contributed by atoms with Crippen molar-refractivity contribution in [2.45, 2.75) is 12.6 Å². The lowest BCUT2D eigenvalue weighted by Crippen LogP contribution is -2.22. The molecule has 0 bridgehead atoms. The van der Waals surface area contributed by atoms with Crippen LogP contribution in [-0.2, 0) is 11.3 Å². The SMILES string of the molecule is COC[C@@H](N)c1cnnn1CCN. The average molecular weight is 185 g/mol. The van der Waals surface area contributed by atoms with Crippen LogP contribution in [0.1, 0.15) is 11.7 Å². The molecular formula is C7H15N5O. The molecule has 1 aromatic heterocycles. The number of nitrogens with zero attached hydrogens (tertiary/aromatic N) is 3. The zero-order chi connectivity index (χ0) is 9.68. The minimum atomic E-state index is -0.188. The zero-order valence-corrected chi connectivity index (χ0v) is 7.68. The van der Waals surface area contributed by atoms with Gasteiger partial charge >= 0.3 is 0 Å². The van der Waals surface area contributed by atoms with Crippen LogP contribution in [0.5, 0.6) is 0 Å². The molecule has 0 radical (unpaired) electrons. The molecule has 0 amide bonds. The van der Waals surface area contributed by atoms with E-state index in [2.05, 4.69) is 10.3 Å². The lowest BCUT2D eigenvalue weighted by atomic mass is 10.2. The Kier molecular flexibility index (Phi) is 3.81. The summed E-state index contributed by atoms with van der Waals surface area (Å²) < 4.78 is 6.63. The van der Waals surface area contributed by atoms with E-state index in [4.69, 9.17) is 16.2 Å². The third-order valence-corrected chi connectivity index (χ3v) is 1.71. The quantitative estimate of drug-likeness (QED) is 0.606. The van der Waals surface area contributed by atoms with Gasteiger partial charge < -0.3 is 16.2 Å². The largest absolute Gasteiger partial charge is 0.383 e. The fourth-order valence-corrected chi connectivity index (χ4v) is 1.11. The van der Waals surface area contributed by atoms with Crippen molar-refractivity contribution in [2.24, 2.45) is 11.5 Å². The van der Waals surface area contributed by atoms with Crippen LogP contribution in [0.2, 0.25) is 0 Å². The van der Waals surface area contributed by atoms with Gasteiger partial charge in [0.2, 0.25) is 0 Å². The number of ether oxygens (including phenoxy) is 1. The highest BCUT2D eigenvalue weighted by molar-refractivity contribution is 5.01. The minimum absolute atomic E-state index is 0.188. The molecule has 0 saturated heterocycles. The molecule has 4 N–H and O–H groups in total. The summed E-state index contributed by atoms with van der Waals surface area (Å²) in [5.41, 5.74) is 12.1. The van der Waals surface area contributed by atoms with E-state index in [-0.39, 0.29) is 6.04 Å². The van der Waals surface area contributed by atoms with Gasteiger partial charge in [-0.1, -0.05) is 5.21 Å².